The predicted octanol–water partition coefficient (Wildman–Crippen LogP) is 4.34. The summed E-state index contributed by atoms with van der Waals surface area (Å²) in [5.74, 6) is 0.768. The van der Waals surface area contributed by atoms with E-state index in [0.717, 1.165) is 35.7 Å². The molecule has 0 bridgehead atoms. The van der Waals surface area contributed by atoms with Crippen molar-refractivity contribution >= 4 is 8.32 Å². The lowest BCUT2D eigenvalue weighted by atomic mass is 10.1. The quantitative estimate of drug-likeness (QED) is 0.623. The zero-order chi connectivity index (χ0) is 21.2. The summed E-state index contributed by atoms with van der Waals surface area (Å²) in [5.41, 5.74) is 4.55. The van der Waals surface area contributed by atoms with Crippen molar-refractivity contribution in [3.63, 3.8) is 0 Å². The van der Waals surface area contributed by atoms with Gasteiger partial charge >= 0.3 is 6.01 Å². The summed E-state index contributed by atoms with van der Waals surface area (Å²) in [5, 5.41) is 4.94. The molecule has 1 aliphatic heterocycles. The third kappa shape index (κ3) is 4.05. The fourth-order valence-corrected chi connectivity index (χ4v) is 9.96. The number of ether oxygens (including phenoxy) is 2. The van der Waals surface area contributed by atoms with E-state index in [0.29, 0.717) is 35.8 Å². The highest BCUT2D eigenvalue weighted by Crippen LogP contribution is 2.43. The molecule has 8 heteroatoms. The first kappa shape index (κ1) is 21.8. The Balaban J connectivity index is 2.10. The van der Waals surface area contributed by atoms with E-state index in [9.17, 15) is 0 Å². The van der Waals surface area contributed by atoms with Crippen molar-refractivity contribution < 1.29 is 13.9 Å². The summed E-state index contributed by atoms with van der Waals surface area (Å²) in [6, 6.07) is 0.345. The minimum atomic E-state index is -2.11. The molecule has 0 N–H and O–H groups in total. The third-order valence-electron chi connectivity index (χ3n) is 6.05. The lowest BCUT2D eigenvalue weighted by Gasteiger charge is -2.41. The van der Waals surface area contributed by atoms with E-state index in [1.54, 1.807) is 19.5 Å². The summed E-state index contributed by atoms with van der Waals surface area (Å²) < 4.78 is 19.8. The van der Waals surface area contributed by atoms with Gasteiger partial charge in [0.2, 0.25) is 5.88 Å². The summed E-state index contributed by atoms with van der Waals surface area (Å²) in [7, 11) is -0.553. The molecule has 0 fully saturated rings. The van der Waals surface area contributed by atoms with Gasteiger partial charge in [0.05, 0.1) is 38.4 Å². The Morgan fingerprint density at radius 1 is 0.966 bits per heavy atom. The van der Waals surface area contributed by atoms with Gasteiger partial charge < -0.3 is 13.9 Å². The molecule has 0 saturated heterocycles. The van der Waals surface area contributed by atoms with Crippen LogP contribution >= 0.6 is 0 Å². The second-order valence-corrected chi connectivity index (χ2v) is 14.0. The van der Waals surface area contributed by atoms with Crippen molar-refractivity contribution in [2.24, 2.45) is 0 Å². The second kappa shape index (κ2) is 8.83. The van der Waals surface area contributed by atoms with Gasteiger partial charge in [0, 0.05) is 18.4 Å². The molecule has 0 unspecified atom stereocenters. The lowest BCUT2D eigenvalue weighted by Crippen LogP contribution is -2.51. The zero-order valence-corrected chi connectivity index (χ0v) is 19.7. The average molecular weight is 419 g/mol. The van der Waals surface area contributed by atoms with Crippen LogP contribution in [0.1, 0.15) is 52.8 Å². The van der Waals surface area contributed by atoms with E-state index >= 15 is 0 Å². The van der Waals surface area contributed by atoms with E-state index in [4.69, 9.17) is 19.0 Å². The molecule has 7 nitrogen and oxygen atoms in total. The number of nitrogens with zero attached hydrogens (tertiary/aromatic N) is 4. The summed E-state index contributed by atoms with van der Waals surface area (Å²) in [6.07, 6.45) is 5.08. The summed E-state index contributed by atoms with van der Waals surface area (Å²) in [6.45, 7) is 15.1. The topological polar surface area (TPSA) is 71.3 Å². The standard InChI is InChI=1S/C21H34N4O3Si/c1-14(2)29(15(3)4,16(5)6)28-20-18-8-10-27-11-9-19(18)25(24-20)17-12-22-21(26-7)23-13-17/h12-16H,8-11H2,1-7H3. The van der Waals surface area contributed by atoms with Crippen LogP contribution in [0.4, 0.5) is 0 Å². The number of rotatable bonds is 7. The normalized spacial score (nSPS) is 15.0. The fraction of sp³-hybridized carbons (Fsp3) is 0.667. The van der Waals surface area contributed by atoms with Crippen molar-refractivity contribution in [3.05, 3.63) is 23.7 Å². The first-order valence-corrected chi connectivity index (χ1v) is 12.7. The molecule has 0 spiro atoms. The maximum Gasteiger partial charge on any atom is 0.316 e. The minimum Gasteiger partial charge on any atom is -0.529 e. The van der Waals surface area contributed by atoms with Crippen LogP contribution < -0.4 is 9.16 Å². The van der Waals surface area contributed by atoms with Crippen LogP contribution in [0, 0.1) is 0 Å². The second-order valence-electron chi connectivity index (χ2n) is 8.60. The van der Waals surface area contributed by atoms with Crippen LogP contribution in [0.15, 0.2) is 12.4 Å². The Bertz CT molecular complexity index is 796. The van der Waals surface area contributed by atoms with E-state index in [2.05, 4.69) is 51.5 Å². The molecule has 0 aromatic carbocycles. The van der Waals surface area contributed by atoms with Crippen molar-refractivity contribution in [1.82, 2.24) is 19.7 Å². The number of fused-ring (bicyclic) bond motifs is 1. The van der Waals surface area contributed by atoms with Crippen LogP contribution in [0.2, 0.25) is 16.6 Å². The van der Waals surface area contributed by atoms with Gasteiger partial charge in [-0.2, -0.15) is 0 Å². The number of methoxy groups -OCH3 is 1. The predicted molar refractivity (Wildman–Crippen MR) is 116 cm³/mol. The molecule has 0 radical (unpaired) electrons. The lowest BCUT2D eigenvalue weighted by molar-refractivity contribution is 0.145. The number of aromatic nitrogens is 4. The van der Waals surface area contributed by atoms with Gasteiger partial charge in [-0.05, 0) is 16.6 Å². The van der Waals surface area contributed by atoms with E-state index in [1.807, 2.05) is 4.68 Å². The largest absolute Gasteiger partial charge is 0.529 e. The van der Waals surface area contributed by atoms with Crippen molar-refractivity contribution in [1.29, 1.82) is 0 Å². The molecule has 3 rings (SSSR count). The molecule has 1 aliphatic rings. The maximum absolute atomic E-state index is 6.97. The molecule has 2 aromatic heterocycles. The van der Waals surface area contributed by atoms with Gasteiger partial charge in [0.15, 0.2) is 0 Å². The molecule has 3 heterocycles. The molecule has 160 valence electrons. The van der Waals surface area contributed by atoms with Crippen LogP contribution in [-0.2, 0) is 17.6 Å². The van der Waals surface area contributed by atoms with E-state index < -0.39 is 8.32 Å². The molecule has 0 aliphatic carbocycles. The minimum absolute atomic E-state index is 0.345. The number of hydrogen-bond donors (Lipinski definition) is 0. The van der Waals surface area contributed by atoms with Gasteiger partial charge in [-0.25, -0.2) is 14.6 Å². The SMILES string of the molecule is COc1ncc(-n2nc(O[Si](C(C)C)(C(C)C)C(C)C)c3c2CCOCC3)cn1. The first-order chi connectivity index (χ1) is 13.8. The molecule has 29 heavy (non-hydrogen) atoms. The Labute approximate surface area is 174 Å². The summed E-state index contributed by atoms with van der Waals surface area (Å²) >= 11 is 0. The molecular formula is C21H34N4O3Si. The van der Waals surface area contributed by atoms with Crippen LogP contribution in [-0.4, -0.2) is 48.4 Å². The molecule has 0 atom stereocenters. The zero-order valence-electron chi connectivity index (χ0n) is 18.7. The molecular weight excluding hydrogens is 384 g/mol. The highest BCUT2D eigenvalue weighted by atomic mass is 28.4. The fourth-order valence-electron chi connectivity index (χ4n) is 4.76. The van der Waals surface area contributed by atoms with Crippen LogP contribution in [0.5, 0.6) is 11.9 Å². The average Bonchev–Trinajstić information content (AvgIpc) is 2.85. The van der Waals surface area contributed by atoms with Gasteiger partial charge in [-0.1, -0.05) is 41.5 Å². The van der Waals surface area contributed by atoms with Gasteiger partial charge in [-0.15, -0.1) is 5.10 Å². The van der Waals surface area contributed by atoms with Gasteiger partial charge in [-0.3, -0.25) is 0 Å². The van der Waals surface area contributed by atoms with Gasteiger partial charge in [0.25, 0.3) is 8.32 Å². The van der Waals surface area contributed by atoms with Crippen LogP contribution in [0.25, 0.3) is 5.69 Å². The van der Waals surface area contributed by atoms with E-state index in [-0.39, 0.29) is 0 Å². The number of hydrogen-bond acceptors (Lipinski definition) is 6. The van der Waals surface area contributed by atoms with E-state index in [1.165, 1.54) is 0 Å². The van der Waals surface area contributed by atoms with Crippen molar-refractivity contribution in [2.45, 2.75) is 71.0 Å². The Hall–Kier alpha value is -1.93. The highest BCUT2D eigenvalue weighted by Gasteiger charge is 2.48. The monoisotopic (exact) mass is 418 g/mol. The Morgan fingerprint density at radius 3 is 2.10 bits per heavy atom. The smallest absolute Gasteiger partial charge is 0.316 e. The van der Waals surface area contributed by atoms with Crippen molar-refractivity contribution in [2.75, 3.05) is 20.3 Å². The maximum atomic E-state index is 6.97. The third-order valence-corrected chi connectivity index (χ3v) is 12.0. The molecule has 0 saturated carbocycles. The first-order valence-electron chi connectivity index (χ1n) is 10.5. The Morgan fingerprint density at radius 2 is 1.55 bits per heavy atom. The highest BCUT2D eigenvalue weighted by molar-refractivity contribution is 6.78. The summed E-state index contributed by atoms with van der Waals surface area (Å²) in [4.78, 5) is 8.51. The molecule has 2 aromatic rings. The Kier molecular flexibility index (Phi) is 6.63. The van der Waals surface area contributed by atoms with Crippen LogP contribution in [0.3, 0.4) is 0 Å². The van der Waals surface area contributed by atoms with Crippen molar-refractivity contribution in [3.8, 4) is 17.6 Å². The van der Waals surface area contributed by atoms with Gasteiger partial charge in [0.1, 0.15) is 5.69 Å². The molecule has 0 amide bonds.